The van der Waals surface area contributed by atoms with Crippen molar-refractivity contribution in [1.82, 2.24) is 20.1 Å². The molecule has 4 rings (SSSR count). The molecule has 2 heterocycles. The van der Waals surface area contributed by atoms with E-state index in [0.29, 0.717) is 36.6 Å². The first-order valence-corrected chi connectivity index (χ1v) is 10.9. The van der Waals surface area contributed by atoms with Gasteiger partial charge in [-0.15, -0.1) is 0 Å². The summed E-state index contributed by atoms with van der Waals surface area (Å²) in [6.07, 6.45) is -9.59. The fourth-order valence-electron chi connectivity index (χ4n) is 3.98. The first-order chi connectivity index (χ1) is 17.0. The van der Waals surface area contributed by atoms with Crippen molar-refractivity contribution in [3.63, 3.8) is 0 Å². The van der Waals surface area contributed by atoms with Crippen LogP contribution in [0.25, 0.3) is 0 Å². The SMILES string of the molecule is Fc1ccc(C2C(OCCc3cc(C(F)(F)F)cc(C(F)(F)F)c3)OCCN2Cc2nc[nH]n2)cc1. The van der Waals surface area contributed by atoms with Crippen LogP contribution >= 0.6 is 0 Å². The maximum atomic E-state index is 13.5. The van der Waals surface area contributed by atoms with Crippen LogP contribution in [0.1, 0.15) is 34.1 Å². The number of rotatable bonds is 7. The molecule has 2 atom stereocenters. The highest BCUT2D eigenvalue weighted by Gasteiger charge is 2.37. The molecule has 1 saturated heterocycles. The summed E-state index contributed by atoms with van der Waals surface area (Å²) < 4.78 is 104. The third-order valence-electron chi connectivity index (χ3n) is 5.65. The van der Waals surface area contributed by atoms with Crippen LogP contribution in [0.2, 0.25) is 0 Å². The number of ether oxygens (including phenoxy) is 2. The van der Waals surface area contributed by atoms with E-state index in [1.807, 2.05) is 4.90 Å². The molecule has 2 unspecified atom stereocenters. The van der Waals surface area contributed by atoms with E-state index >= 15 is 0 Å². The fourth-order valence-corrected chi connectivity index (χ4v) is 3.98. The molecule has 36 heavy (non-hydrogen) atoms. The smallest absolute Gasteiger partial charge is 0.350 e. The first-order valence-electron chi connectivity index (χ1n) is 10.9. The summed E-state index contributed by atoms with van der Waals surface area (Å²) in [6.45, 7) is 0.792. The number of hydrogen-bond donors (Lipinski definition) is 1. The minimum Gasteiger partial charge on any atom is -0.350 e. The van der Waals surface area contributed by atoms with Crippen molar-refractivity contribution >= 4 is 0 Å². The number of aromatic nitrogens is 3. The molecular weight excluding hydrogens is 497 g/mol. The molecular formula is C23H21F7N4O2. The van der Waals surface area contributed by atoms with Crippen molar-refractivity contribution in [2.75, 3.05) is 19.8 Å². The number of alkyl halides is 6. The summed E-state index contributed by atoms with van der Waals surface area (Å²) in [7, 11) is 0. The molecule has 1 aliphatic heterocycles. The number of aromatic amines is 1. The fraction of sp³-hybridized carbons (Fsp3) is 0.391. The Balaban J connectivity index is 1.52. The lowest BCUT2D eigenvalue weighted by Gasteiger charge is -2.40. The van der Waals surface area contributed by atoms with Gasteiger partial charge in [-0.3, -0.25) is 10.00 Å². The van der Waals surface area contributed by atoms with Crippen LogP contribution in [-0.2, 0) is 34.8 Å². The van der Waals surface area contributed by atoms with Gasteiger partial charge < -0.3 is 9.47 Å². The molecule has 194 valence electrons. The lowest BCUT2D eigenvalue weighted by Crippen LogP contribution is -2.46. The second kappa shape index (κ2) is 10.5. The molecule has 0 radical (unpaired) electrons. The highest BCUT2D eigenvalue weighted by molar-refractivity contribution is 5.33. The van der Waals surface area contributed by atoms with E-state index in [-0.39, 0.29) is 31.3 Å². The summed E-state index contributed by atoms with van der Waals surface area (Å²) in [6, 6.07) is 6.53. The third-order valence-corrected chi connectivity index (χ3v) is 5.65. The second-order valence-corrected chi connectivity index (χ2v) is 8.16. The molecule has 3 aromatic rings. The van der Waals surface area contributed by atoms with Crippen molar-refractivity contribution < 1.29 is 40.2 Å². The Bertz CT molecular complexity index is 1100. The Morgan fingerprint density at radius 1 is 1.00 bits per heavy atom. The van der Waals surface area contributed by atoms with E-state index in [4.69, 9.17) is 9.47 Å². The Hall–Kier alpha value is -3.03. The molecule has 0 saturated carbocycles. The molecule has 0 amide bonds. The first kappa shape index (κ1) is 26.0. The van der Waals surface area contributed by atoms with Gasteiger partial charge in [0.15, 0.2) is 12.1 Å². The standard InChI is InChI=1S/C23H21F7N4O2/c24-18-3-1-15(2-4-18)20-21(36-8-6-34(20)12-19-31-13-32-33-19)35-7-5-14-9-16(22(25,26)27)11-17(10-14)23(28,29)30/h1-4,9-11,13,20-21H,5-8,12H2,(H,31,32,33). The molecule has 0 spiro atoms. The maximum absolute atomic E-state index is 13.5. The Kier molecular flexibility index (Phi) is 7.62. The second-order valence-electron chi connectivity index (χ2n) is 8.16. The minimum absolute atomic E-state index is 0.0835. The van der Waals surface area contributed by atoms with Crippen LogP contribution in [0.3, 0.4) is 0 Å². The zero-order chi connectivity index (χ0) is 25.9. The predicted octanol–water partition coefficient (Wildman–Crippen LogP) is 5.14. The van der Waals surface area contributed by atoms with Gasteiger partial charge in [-0.25, -0.2) is 9.37 Å². The highest BCUT2D eigenvalue weighted by atomic mass is 19.4. The number of hydrogen-bond acceptors (Lipinski definition) is 5. The topological polar surface area (TPSA) is 63.3 Å². The van der Waals surface area contributed by atoms with Crippen LogP contribution in [0.4, 0.5) is 30.7 Å². The summed E-state index contributed by atoms with van der Waals surface area (Å²) in [5.41, 5.74) is -2.30. The zero-order valence-corrected chi connectivity index (χ0v) is 18.6. The number of nitrogens with zero attached hydrogens (tertiary/aromatic N) is 3. The molecule has 13 heteroatoms. The van der Waals surface area contributed by atoms with Crippen LogP contribution in [0, 0.1) is 5.82 Å². The van der Waals surface area contributed by atoms with Gasteiger partial charge in [0.25, 0.3) is 0 Å². The Morgan fingerprint density at radius 2 is 1.67 bits per heavy atom. The minimum atomic E-state index is -4.93. The summed E-state index contributed by atoms with van der Waals surface area (Å²) >= 11 is 0. The van der Waals surface area contributed by atoms with E-state index < -0.39 is 41.6 Å². The Morgan fingerprint density at radius 3 is 2.25 bits per heavy atom. The van der Waals surface area contributed by atoms with Gasteiger partial charge in [0.2, 0.25) is 0 Å². The molecule has 1 aliphatic rings. The highest BCUT2D eigenvalue weighted by Crippen LogP contribution is 2.37. The molecule has 6 nitrogen and oxygen atoms in total. The Labute approximate surface area is 201 Å². The molecule has 0 aliphatic carbocycles. The van der Waals surface area contributed by atoms with E-state index in [2.05, 4.69) is 15.2 Å². The zero-order valence-electron chi connectivity index (χ0n) is 18.6. The number of benzene rings is 2. The van der Waals surface area contributed by atoms with Crippen molar-refractivity contribution in [2.24, 2.45) is 0 Å². The molecule has 1 fully saturated rings. The molecule has 0 bridgehead atoms. The van der Waals surface area contributed by atoms with E-state index in [1.54, 1.807) is 12.1 Å². The molecule has 1 N–H and O–H groups in total. The third kappa shape index (κ3) is 6.39. The van der Waals surface area contributed by atoms with Crippen molar-refractivity contribution in [3.8, 4) is 0 Å². The predicted molar refractivity (Wildman–Crippen MR) is 112 cm³/mol. The summed E-state index contributed by atoms with van der Waals surface area (Å²) in [4.78, 5) is 6.04. The lowest BCUT2D eigenvalue weighted by molar-refractivity contribution is -0.212. The monoisotopic (exact) mass is 518 g/mol. The van der Waals surface area contributed by atoms with E-state index in [0.717, 1.165) is 0 Å². The molecule has 1 aromatic heterocycles. The van der Waals surface area contributed by atoms with Gasteiger partial charge in [0, 0.05) is 6.54 Å². The van der Waals surface area contributed by atoms with Gasteiger partial charge in [0.05, 0.1) is 36.9 Å². The largest absolute Gasteiger partial charge is 0.416 e. The number of morpholine rings is 1. The van der Waals surface area contributed by atoms with Crippen LogP contribution in [0.5, 0.6) is 0 Å². The summed E-state index contributed by atoms with van der Waals surface area (Å²) in [5.74, 6) is 0.0462. The van der Waals surface area contributed by atoms with Crippen molar-refractivity contribution in [1.29, 1.82) is 0 Å². The van der Waals surface area contributed by atoms with Crippen molar-refractivity contribution in [3.05, 3.63) is 82.7 Å². The average molecular weight is 518 g/mol. The van der Waals surface area contributed by atoms with E-state index in [9.17, 15) is 30.7 Å². The van der Waals surface area contributed by atoms with E-state index in [1.165, 1.54) is 18.5 Å². The number of halogens is 7. The van der Waals surface area contributed by atoms with Gasteiger partial charge in [-0.05, 0) is 47.9 Å². The van der Waals surface area contributed by atoms with Gasteiger partial charge in [-0.2, -0.15) is 31.4 Å². The van der Waals surface area contributed by atoms with Crippen LogP contribution < -0.4 is 0 Å². The van der Waals surface area contributed by atoms with Gasteiger partial charge in [-0.1, -0.05) is 12.1 Å². The number of H-pyrrole nitrogens is 1. The molecule has 2 aromatic carbocycles. The van der Waals surface area contributed by atoms with Crippen LogP contribution in [0.15, 0.2) is 48.8 Å². The van der Waals surface area contributed by atoms with Crippen LogP contribution in [-0.4, -0.2) is 46.1 Å². The van der Waals surface area contributed by atoms with Gasteiger partial charge >= 0.3 is 12.4 Å². The maximum Gasteiger partial charge on any atom is 0.416 e. The number of nitrogens with one attached hydrogen (secondary N) is 1. The lowest BCUT2D eigenvalue weighted by atomic mass is 10.0. The summed E-state index contributed by atoms with van der Waals surface area (Å²) in [5, 5.41) is 6.65. The average Bonchev–Trinajstić information content (AvgIpc) is 3.32. The normalized spacial score (nSPS) is 19.5. The quantitative estimate of drug-likeness (QED) is 0.439. The van der Waals surface area contributed by atoms with Crippen molar-refractivity contribution in [2.45, 2.75) is 37.7 Å². The van der Waals surface area contributed by atoms with Gasteiger partial charge in [0.1, 0.15) is 12.1 Å².